The Balaban J connectivity index is 1.96. The molecule has 0 aliphatic carbocycles. The van der Waals surface area contributed by atoms with Crippen LogP contribution in [0.5, 0.6) is 5.75 Å². The lowest BCUT2D eigenvalue weighted by Gasteiger charge is -2.16. The van der Waals surface area contributed by atoms with E-state index >= 15 is 0 Å². The molecule has 0 saturated carbocycles. The maximum absolute atomic E-state index is 14.1. The Morgan fingerprint density at radius 3 is 2.50 bits per heavy atom. The van der Waals surface area contributed by atoms with E-state index < -0.39 is 5.97 Å². The Kier molecular flexibility index (Phi) is 5.64. The Morgan fingerprint density at radius 1 is 1.06 bits per heavy atom. The smallest absolute Gasteiger partial charge is 0.337 e. The number of aryl methyl sites for hydroxylation is 2. The molecule has 0 unspecified atom stereocenters. The monoisotopic (exact) mass is 431 g/mol. The minimum Gasteiger partial charge on any atom is -0.497 e. The molecule has 3 aromatic carbocycles. The third kappa shape index (κ3) is 3.92. The third-order valence-corrected chi connectivity index (χ3v) is 5.23. The Hall–Kier alpha value is -4.13. The number of carboxylic acids is 1. The zero-order valence-corrected chi connectivity index (χ0v) is 17.9. The van der Waals surface area contributed by atoms with Crippen molar-refractivity contribution in [2.75, 3.05) is 12.4 Å². The topological polar surface area (TPSA) is 76.4 Å². The van der Waals surface area contributed by atoms with Crippen molar-refractivity contribution in [1.29, 1.82) is 0 Å². The highest BCUT2D eigenvalue weighted by atomic mass is 19.1. The summed E-state index contributed by atoms with van der Waals surface area (Å²) in [5, 5.41) is 17.7. The van der Waals surface area contributed by atoms with E-state index in [2.05, 4.69) is 10.4 Å². The predicted molar refractivity (Wildman–Crippen MR) is 122 cm³/mol. The van der Waals surface area contributed by atoms with Gasteiger partial charge in [-0.15, -0.1) is 0 Å². The minimum absolute atomic E-state index is 0.0460. The number of halogens is 1. The van der Waals surface area contributed by atoms with Crippen LogP contribution in [0.15, 0.2) is 66.7 Å². The number of methoxy groups -OCH3 is 1. The second-order valence-electron chi connectivity index (χ2n) is 7.36. The lowest BCUT2D eigenvalue weighted by Crippen LogP contribution is -2.08. The molecule has 0 amide bonds. The van der Waals surface area contributed by atoms with Crippen molar-refractivity contribution in [3.8, 4) is 22.6 Å². The van der Waals surface area contributed by atoms with Gasteiger partial charge >= 0.3 is 5.97 Å². The summed E-state index contributed by atoms with van der Waals surface area (Å²) >= 11 is 0. The van der Waals surface area contributed by atoms with Crippen molar-refractivity contribution in [3.63, 3.8) is 0 Å². The van der Waals surface area contributed by atoms with Crippen LogP contribution in [-0.2, 0) is 0 Å². The molecule has 0 aliphatic rings. The molecule has 7 heteroatoms. The summed E-state index contributed by atoms with van der Waals surface area (Å²) in [7, 11) is 1.48. The van der Waals surface area contributed by atoms with Crippen LogP contribution in [0.25, 0.3) is 16.8 Å². The number of carboxylic acid groups (broad SMARTS) is 1. The van der Waals surface area contributed by atoms with Crippen LogP contribution >= 0.6 is 0 Å². The summed E-state index contributed by atoms with van der Waals surface area (Å²) in [5.41, 5.74) is 4.20. The average molecular weight is 431 g/mol. The van der Waals surface area contributed by atoms with Gasteiger partial charge in [-0.05, 0) is 55.3 Å². The molecule has 0 fully saturated rings. The van der Waals surface area contributed by atoms with Gasteiger partial charge in [-0.25, -0.2) is 13.9 Å². The number of carbonyl (C=O) groups is 1. The molecule has 1 aromatic heterocycles. The number of rotatable bonds is 6. The number of nitrogens with zero attached hydrogens (tertiary/aromatic N) is 2. The molecule has 0 saturated heterocycles. The van der Waals surface area contributed by atoms with Crippen molar-refractivity contribution in [1.82, 2.24) is 9.78 Å². The molecular formula is C25H22FN3O3. The first-order valence-corrected chi connectivity index (χ1v) is 9.99. The maximum Gasteiger partial charge on any atom is 0.337 e. The van der Waals surface area contributed by atoms with Crippen LogP contribution in [0.1, 0.15) is 21.6 Å². The van der Waals surface area contributed by atoms with E-state index in [0.29, 0.717) is 28.6 Å². The third-order valence-electron chi connectivity index (χ3n) is 5.23. The molecule has 4 rings (SSSR count). The second kappa shape index (κ2) is 8.55. The molecule has 6 nitrogen and oxygen atoms in total. The second-order valence-corrected chi connectivity index (χ2v) is 7.36. The molecule has 0 radical (unpaired) electrons. The Labute approximate surface area is 184 Å². The largest absolute Gasteiger partial charge is 0.497 e. The standard InChI is InChI=1S/C25H22FN3O3/c1-15-9-10-18(26)13-22(15)29-24(23(16(2)28-29)17-7-5-4-6-8-17)27-21-12-11-19(32-3)14-20(21)25(30)31/h4-14,27H,1-3H3,(H,30,31). The van der Waals surface area contributed by atoms with Crippen molar-refractivity contribution in [2.45, 2.75) is 13.8 Å². The molecule has 2 N–H and O–H groups in total. The molecule has 0 aliphatic heterocycles. The number of hydrogen-bond donors (Lipinski definition) is 2. The fraction of sp³-hybridized carbons (Fsp3) is 0.120. The lowest BCUT2D eigenvalue weighted by atomic mass is 10.1. The minimum atomic E-state index is -1.10. The zero-order chi connectivity index (χ0) is 22.8. The van der Waals surface area contributed by atoms with Gasteiger partial charge in [-0.1, -0.05) is 36.4 Å². The van der Waals surface area contributed by atoms with Gasteiger partial charge in [0.25, 0.3) is 0 Å². The molecule has 0 bridgehead atoms. The van der Waals surface area contributed by atoms with Gasteiger partial charge in [-0.3, -0.25) is 0 Å². The number of hydrogen-bond acceptors (Lipinski definition) is 4. The summed E-state index contributed by atoms with van der Waals surface area (Å²) in [6.45, 7) is 3.73. The normalized spacial score (nSPS) is 10.8. The molecule has 1 heterocycles. The number of aromatic nitrogens is 2. The van der Waals surface area contributed by atoms with Crippen LogP contribution in [0.4, 0.5) is 15.9 Å². The number of ether oxygens (including phenoxy) is 1. The van der Waals surface area contributed by atoms with Gasteiger partial charge in [-0.2, -0.15) is 5.10 Å². The number of anilines is 2. The van der Waals surface area contributed by atoms with E-state index in [1.165, 1.54) is 25.3 Å². The maximum atomic E-state index is 14.1. The Morgan fingerprint density at radius 2 is 1.81 bits per heavy atom. The van der Waals surface area contributed by atoms with Crippen LogP contribution in [0.3, 0.4) is 0 Å². The lowest BCUT2D eigenvalue weighted by molar-refractivity contribution is 0.0697. The fourth-order valence-corrected chi connectivity index (χ4v) is 3.64. The number of nitrogens with one attached hydrogen (secondary N) is 1. The number of aromatic carboxylic acids is 1. The van der Waals surface area contributed by atoms with E-state index in [-0.39, 0.29) is 11.4 Å². The molecule has 0 atom stereocenters. The SMILES string of the molecule is COc1ccc(Nc2c(-c3ccccc3)c(C)nn2-c2cc(F)ccc2C)c(C(=O)O)c1. The quantitative estimate of drug-likeness (QED) is 0.407. The highest BCUT2D eigenvalue weighted by molar-refractivity contribution is 5.96. The van der Waals surface area contributed by atoms with Crippen LogP contribution in [-0.4, -0.2) is 28.0 Å². The summed E-state index contributed by atoms with van der Waals surface area (Å²) in [6.07, 6.45) is 0. The van der Waals surface area contributed by atoms with Gasteiger partial charge in [0.15, 0.2) is 0 Å². The highest BCUT2D eigenvalue weighted by Gasteiger charge is 2.22. The van der Waals surface area contributed by atoms with Gasteiger partial charge in [0.1, 0.15) is 17.4 Å². The highest BCUT2D eigenvalue weighted by Crippen LogP contribution is 2.37. The van der Waals surface area contributed by atoms with E-state index in [1.54, 1.807) is 22.9 Å². The molecule has 162 valence electrons. The van der Waals surface area contributed by atoms with E-state index in [1.807, 2.05) is 44.2 Å². The first kappa shape index (κ1) is 21.1. The first-order valence-electron chi connectivity index (χ1n) is 9.99. The van der Waals surface area contributed by atoms with Crippen molar-refractivity contribution in [2.24, 2.45) is 0 Å². The van der Waals surface area contributed by atoms with Gasteiger partial charge in [0.2, 0.25) is 0 Å². The Bertz CT molecular complexity index is 1300. The van der Waals surface area contributed by atoms with Gasteiger partial charge in [0.05, 0.1) is 29.7 Å². The summed E-state index contributed by atoms with van der Waals surface area (Å²) in [5.74, 6) is -0.518. The van der Waals surface area contributed by atoms with E-state index in [0.717, 1.165) is 16.7 Å². The molecule has 4 aromatic rings. The van der Waals surface area contributed by atoms with E-state index in [9.17, 15) is 14.3 Å². The molecule has 32 heavy (non-hydrogen) atoms. The van der Waals surface area contributed by atoms with Crippen LogP contribution < -0.4 is 10.1 Å². The average Bonchev–Trinajstić information content (AvgIpc) is 3.11. The fourth-order valence-electron chi connectivity index (χ4n) is 3.64. The summed E-state index contributed by atoms with van der Waals surface area (Å²) in [6, 6.07) is 18.9. The molecular weight excluding hydrogens is 409 g/mol. The van der Waals surface area contributed by atoms with Crippen LogP contribution in [0.2, 0.25) is 0 Å². The molecule has 0 spiro atoms. The van der Waals surface area contributed by atoms with Crippen LogP contribution in [0, 0.1) is 19.7 Å². The number of benzene rings is 3. The predicted octanol–water partition coefficient (Wildman–Crippen LogP) is 5.75. The summed E-state index contributed by atoms with van der Waals surface area (Å²) < 4.78 is 20.9. The first-order chi connectivity index (χ1) is 15.4. The van der Waals surface area contributed by atoms with E-state index in [4.69, 9.17) is 4.74 Å². The summed E-state index contributed by atoms with van der Waals surface area (Å²) in [4.78, 5) is 11.9. The van der Waals surface area contributed by atoms with Gasteiger partial charge < -0.3 is 15.2 Å². The van der Waals surface area contributed by atoms with Crippen molar-refractivity contribution >= 4 is 17.5 Å². The zero-order valence-electron chi connectivity index (χ0n) is 17.9. The van der Waals surface area contributed by atoms with Gasteiger partial charge in [0, 0.05) is 5.56 Å². The van der Waals surface area contributed by atoms with Crippen molar-refractivity contribution < 1.29 is 19.0 Å². The van der Waals surface area contributed by atoms with Crippen molar-refractivity contribution in [3.05, 3.63) is 89.4 Å².